The summed E-state index contributed by atoms with van der Waals surface area (Å²) in [6.45, 7) is 0.491. The minimum Gasteiger partial charge on any atom is -0.384 e. The van der Waals surface area contributed by atoms with Crippen molar-refractivity contribution in [2.24, 2.45) is 4.36 Å². The third kappa shape index (κ3) is 4.43. The van der Waals surface area contributed by atoms with Crippen LogP contribution in [0.25, 0.3) is 0 Å². The van der Waals surface area contributed by atoms with Crippen molar-refractivity contribution in [1.29, 1.82) is 0 Å². The molecule has 2 atom stereocenters. The molecule has 0 radical (unpaired) electrons. The normalized spacial score (nSPS) is 15.9. The summed E-state index contributed by atoms with van der Waals surface area (Å²) in [5.41, 5.74) is -5.01. The highest BCUT2D eigenvalue weighted by atomic mass is 32.2. The van der Waals surface area contributed by atoms with Gasteiger partial charge < -0.3 is 10.4 Å². The summed E-state index contributed by atoms with van der Waals surface area (Å²) in [6, 6.07) is 6.36. The number of hydrogen-bond acceptors (Lipinski definition) is 4. The van der Waals surface area contributed by atoms with Gasteiger partial charge in [-0.2, -0.15) is 13.2 Å². The van der Waals surface area contributed by atoms with Gasteiger partial charge in [-0.3, -0.25) is 4.79 Å². The van der Waals surface area contributed by atoms with Crippen molar-refractivity contribution in [3.8, 4) is 0 Å². The molecule has 1 rings (SSSR count). The van der Waals surface area contributed by atoms with E-state index >= 15 is 0 Å². The quantitative estimate of drug-likeness (QED) is 0.806. The number of carbonyl (C=O) groups is 1. The Morgan fingerprint density at radius 2 is 1.95 bits per heavy atom. The van der Waals surface area contributed by atoms with Crippen LogP contribution in [0.5, 0.6) is 0 Å². The Bertz CT molecular complexity index is 594. The Kier molecular flexibility index (Phi) is 5.73. The number of halogens is 3. The molecule has 0 bridgehead atoms. The van der Waals surface area contributed by atoms with Crippen LogP contribution in [0.4, 0.5) is 13.2 Å². The lowest BCUT2D eigenvalue weighted by Crippen LogP contribution is -2.34. The fourth-order valence-corrected chi connectivity index (χ4v) is 2.82. The summed E-state index contributed by atoms with van der Waals surface area (Å²) >= 11 is 0. The predicted octanol–water partition coefficient (Wildman–Crippen LogP) is 1.53. The molecule has 0 aromatic heterocycles. The highest BCUT2D eigenvalue weighted by Crippen LogP contribution is 2.32. The van der Waals surface area contributed by atoms with Gasteiger partial charge in [0.15, 0.2) is 9.73 Å². The average molecular weight is 324 g/mol. The number of aliphatic hydroxyl groups excluding tert-OH is 1. The van der Waals surface area contributed by atoms with E-state index in [2.05, 4.69) is 9.68 Å². The fourth-order valence-electron chi connectivity index (χ4n) is 1.39. The molecular formula is C12H15F3N2O3S. The summed E-state index contributed by atoms with van der Waals surface area (Å²) in [4.78, 5) is 10.6. The number of carbonyl (C=O) groups excluding carboxylic acids is 1. The topological polar surface area (TPSA) is 78.8 Å². The number of rotatable bonds is 5. The zero-order valence-corrected chi connectivity index (χ0v) is 11.9. The second-order valence-corrected chi connectivity index (χ2v) is 6.35. The van der Waals surface area contributed by atoms with Crippen LogP contribution in [0.1, 0.15) is 6.92 Å². The molecule has 118 valence electrons. The Labute approximate surface area is 120 Å². The van der Waals surface area contributed by atoms with E-state index in [0.717, 1.165) is 12.1 Å². The average Bonchev–Trinajstić information content (AvgIpc) is 2.42. The second kappa shape index (κ2) is 6.90. The van der Waals surface area contributed by atoms with E-state index in [4.69, 9.17) is 5.11 Å². The fraction of sp³-hybridized carbons (Fsp3) is 0.417. The molecule has 1 aromatic rings. The van der Waals surface area contributed by atoms with E-state index in [0.29, 0.717) is 0 Å². The molecule has 0 aliphatic carbocycles. The van der Waals surface area contributed by atoms with Crippen LogP contribution in [0, 0.1) is 0 Å². The summed E-state index contributed by atoms with van der Waals surface area (Å²) in [5.74, 6) is -0.733. The van der Waals surface area contributed by atoms with Gasteiger partial charge in [0.1, 0.15) is 6.10 Å². The molecule has 1 aromatic carbocycles. The van der Waals surface area contributed by atoms with Crippen molar-refractivity contribution >= 4 is 15.6 Å². The van der Waals surface area contributed by atoms with Gasteiger partial charge in [0, 0.05) is 6.54 Å². The van der Waals surface area contributed by atoms with E-state index < -0.39 is 38.7 Å². The molecule has 5 nitrogen and oxygen atoms in total. The third-order valence-electron chi connectivity index (χ3n) is 2.44. The van der Waals surface area contributed by atoms with Crippen LogP contribution in [-0.2, 0) is 14.5 Å². The van der Waals surface area contributed by atoms with Gasteiger partial charge in [-0.25, -0.2) is 8.57 Å². The zero-order valence-electron chi connectivity index (χ0n) is 11.1. The molecule has 0 saturated carbocycles. The van der Waals surface area contributed by atoms with Crippen LogP contribution in [0.3, 0.4) is 0 Å². The molecule has 0 fully saturated rings. The summed E-state index contributed by atoms with van der Waals surface area (Å²) in [7, 11) is -4.59. The van der Waals surface area contributed by atoms with Crippen molar-refractivity contribution < 1.29 is 27.3 Å². The maximum Gasteiger partial charge on any atom is 0.483 e. The molecule has 21 heavy (non-hydrogen) atoms. The van der Waals surface area contributed by atoms with Crippen molar-refractivity contribution in [2.45, 2.75) is 23.4 Å². The van der Waals surface area contributed by atoms with E-state index in [-0.39, 0.29) is 6.54 Å². The summed E-state index contributed by atoms with van der Waals surface area (Å²) < 4.78 is 54.4. The molecular weight excluding hydrogens is 309 g/mol. The summed E-state index contributed by atoms with van der Waals surface area (Å²) in [5, 5.41) is 11.1. The van der Waals surface area contributed by atoms with Gasteiger partial charge in [0.25, 0.3) is 0 Å². The van der Waals surface area contributed by atoms with E-state index in [1.807, 2.05) is 0 Å². The SMILES string of the molecule is CC(O)C(=O)NCCN=S(=O)(c1ccccc1)C(F)(F)F. The second-order valence-electron chi connectivity index (χ2n) is 4.10. The van der Waals surface area contributed by atoms with E-state index in [9.17, 15) is 22.2 Å². The Morgan fingerprint density at radius 3 is 2.43 bits per heavy atom. The minimum absolute atomic E-state index is 0.246. The molecule has 1 amide bonds. The van der Waals surface area contributed by atoms with Crippen LogP contribution in [0.15, 0.2) is 39.6 Å². The molecule has 0 saturated heterocycles. The number of amides is 1. The first-order valence-corrected chi connectivity index (χ1v) is 7.50. The Morgan fingerprint density at radius 1 is 1.38 bits per heavy atom. The monoisotopic (exact) mass is 324 g/mol. The lowest BCUT2D eigenvalue weighted by molar-refractivity contribution is -0.128. The number of nitrogens with zero attached hydrogens (tertiary/aromatic N) is 1. The van der Waals surface area contributed by atoms with Crippen molar-refractivity contribution in [3.63, 3.8) is 0 Å². The van der Waals surface area contributed by atoms with Gasteiger partial charge in [-0.1, -0.05) is 18.2 Å². The number of hydrogen-bond donors (Lipinski definition) is 2. The molecule has 0 aliphatic rings. The maximum absolute atomic E-state index is 13.0. The highest BCUT2D eigenvalue weighted by molar-refractivity contribution is 7.94. The molecule has 0 aliphatic heterocycles. The number of aliphatic hydroxyl groups is 1. The van der Waals surface area contributed by atoms with Gasteiger partial charge in [-0.15, -0.1) is 0 Å². The largest absolute Gasteiger partial charge is 0.483 e. The van der Waals surface area contributed by atoms with Gasteiger partial charge in [-0.05, 0) is 19.1 Å². The van der Waals surface area contributed by atoms with Gasteiger partial charge in [0.05, 0.1) is 11.4 Å². The standard InChI is InChI=1S/C12H15F3N2O3S/c1-9(18)11(19)16-7-8-17-21(20,12(13,14)15)10-5-3-2-4-6-10/h2-6,9,18H,7-8H2,1H3,(H,16,19). The number of alkyl halides is 3. The van der Waals surface area contributed by atoms with Crippen LogP contribution in [0.2, 0.25) is 0 Å². The predicted molar refractivity (Wildman–Crippen MR) is 70.9 cm³/mol. The van der Waals surface area contributed by atoms with E-state index in [1.165, 1.54) is 25.1 Å². The van der Waals surface area contributed by atoms with Crippen molar-refractivity contribution in [2.75, 3.05) is 13.1 Å². The number of nitrogens with one attached hydrogen (secondary N) is 1. The lowest BCUT2D eigenvalue weighted by atomic mass is 10.4. The molecule has 2 N–H and O–H groups in total. The highest BCUT2D eigenvalue weighted by Gasteiger charge is 2.44. The van der Waals surface area contributed by atoms with E-state index in [1.54, 1.807) is 0 Å². The summed E-state index contributed by atoms with van der Waals surface area (Å²) in [6.07, 6.45) is -1.27. The van der Waals surface area contributed by atoms with Gasteiger partial charge >= 0.3 is 5.51 Å². The third-order valence-corrected chi connectivity index (χ3v) is 4.52. The maximum atomic E-state index is 13.0. The zero-order chi connectivity index (χ0) is 16.1. The first-order chi connectivity index (χ1) is 9.68. The molecule has 2 unspecified atom stereocenters. The minimum atomic E-state index is -5.01. The first-order valence-electron chi connectivity index (χ1n) is 5.98. The smallest absolute Gasteiger partial charge is 0.384 e. The Balaban J connectivity index is 2.93. The van der Waals surface area contributed by atoms with Gasteiger partial charge in [0.2, 0.25) is 5.91 Å². The molecule has 9 heteroatoms. The lowest BCUT2D eigenvalue weighted by Gasteiger charge is -2.14. The molecule has 0 spiro atoms. The van der Waals surface area contributed by atoms with Crippen LogP contribution < -0.4 is 5.32 Å². The first kappa shape index (κ1) is 17.4. The number of benzene rings is 1. The Hall–Kier alpha value is -1.61. The van der Waals surface area contributed by atoms with Crippen LogP contribution in [-0.4, -0.2) is 39.9 Å². The van der Waals surface area contributed by atoms with Crippen molar-refractivity contribution in [3.05, 3.63) is 30.3 Å². The van der Waals surface area contributed by atoms with Crippen LogP contribution >= 0.6 is 0 Å². The molecule has 0 heterocycles. The van der Waals surface area contributed by atoms with Crippen molar-refractivity contribution in [1.82, 2.24) is 5.32 Å².